The van der Waals surface area contributed by atoms with Crippen LogP contribution in [0, 0.1) is 9.39 Å². The summed E-state index contributed by atoms with van der Waals surface area (Å²) in [5, 5.41) is 2.65. The van der Waals surface area contributed by atoms with Gasteiger partial charge in [-0.1, -0.05) is 24.3 Å². The Kier molecular flexibility index (Phi) is 5.16. The Morgan fingerprint density at radius 2 is 1.78 bits per heavy atom. The van der Waals surface area contributed by atoms with Gasteiger partial charge in [0.05, 0.1) is 0 Å². The average molecular weight is 419 g/mol. The van der Waals surface area contributed by atoms with Crippen molar-refractivity contribution in [1.82, 2.24) is 0 Å². The van der Waals surface area contributed by atoms with Crippen LogP contribution in [0.5, 0.6) is 0 Å². The van der Waals surface area contributed by atoms with E-state index >= 15 is 0 Å². The highest BCUT2D eigenvalue weighted by Crippen LogP contribution is 2.22. The summed E-state index contributed by atoms with van der Waals surface area (Å²) in [6, 6.07) is 19.8. The molecule has 118 valence electrons. The third kappa shape index (κ3) is 4.02. The molecule has 3 aromatic carbocycles. The quantitative estimate of drug-likeness (QED) is 0.483. The Labute approximate surface area is 150 Å². The molecule has 0 bridgehead atoms. The standard InChI is InChI=1S/C20H19FIN/c1-23(19-10-7-17(21)8-11-19)13-3-6-15-4-2-5-16-14-18(22)9-12-20(15)16/h2,4-5,7-12,14H,3,6,13H2,1H3. The van der Waals surface area contributed by atoms with Gasteiger partial charge in [-0.3, -0.25) is 0 Å². The second-order valence-electron chi connectivity index (χ2n) is 5.78. The summed E-state index contributed by atoms with van der Waals surface area (Å²) >= 11 is 2.35. The molecule has 0 spiro atoms. The molecule has 0 atom stereocenters. The van der Waals surface area contributed by atoms with Crippen LogP contribution in [0.4, 0.5) is 10.1 Å². The van der Waals surface area contributed by atoms with Gasteiger partial charge in [-0.25, -0.2) is 4.39 Å². The predicted molar refractivity (Wildman–Crippen MR) is 105 cm³/mol. The summed E-state index contributed by atoms with van der Waals surface area (Å²) in [5.74, 6) is -0.187. The molecule has 0 aromatic heterocycles. The zero-order valence-electron chi connectivity index (χ0n) is 13.1. The van der Waals surface area contributed by atoms with Crippen LogP contribution in [0.2, 0.25) is 0 Å². The summed E-state index contributed by atoms with van der Waals surface area (Å²) in [4.78, 5) is 2.17. The average Bonchev–Trinajstić information content (AvgIpc) is 2.55. The van der Waals surface area contributed by atoms with E-state index in [2.05, 4.69) is 70.9 Å². The van der Waals surface area contributed by atoms with Gasteiger partial charge in [0.2, 0.25) is 0 Å². The number of fused-ring (bicyclic) bond motifs is 1. The molecule has 0 amide bonds. The maximum Gasteiger partial charge on any atom is 0.123 e. The molecule has 0 radical (unpaired) electrons. The second kappa shape index (κ2) is 7.30. The highest BCUT2D eigenvalue weighted by molar-refractivity contribution is 14.1. The van der Waals surface area contributed by atoms with Crippen molar-refractivity contribution in [2.24, 2.45) is 0 Å². The van der Waals surface area contributed by atoms with Crippen LogP contribution in [-0.4, -0.2) is 13.6 Å². The number of benzene rings is 3. The summed E-state index contributed by atoms with van der Waals surface area (Å²) in [7, 11) is 2.05. The highest BCUT2D eigenvalue weighted by atomic mass is 127. The molecule has 0 aliphatic rings. The van der Waals surface area contributed by atoms with Crippen LogP contribution in [0.25, 0.3) is 10.8 Å². The van der Waals surface area contributed by atoms with E-state index in [1.165, 1.54) is 32.0 Å². The van der Waals surface area contributed by atoms with Crippen molar-refractivity contribution in [3.8, 4) is 0 Å². The van der Waals surface area contributed by atoms with Gasteiger partial charge in [-0.2, -0.15) is 0 Å². The summed E-state index contributed by atoms with van der Waals surface area (Å²) in [6.45, 7) is 0.951. The van der Waals surface area contributed by atoms with Gasteiger partial charge in [0, 0.05) is 22.8 Å². The molecule has 23 heavy (non-hydrogen) atoms. The molecular formula is C20H19FIN. The Morgan fingerprint density at radius 1 is 1.00 bits per heavy atom. The van der Waals surface area contributed by atoms with Gasteiger partial charge in [0.15, 0.2) is 0 Å². The first-order valence-electron chi connectivity index (χ1n) is 7.77. The zero-order chi connectivity index (χ0) is 16.2. The number of anilines is 1. The minimum atomic E-state index is -0.187. The molecular weight excluding hydrogens is 400 g/mol. The minimum absolute atomic E-state index is 0.187. The molecule has 0 aliphatic carbocycles. The highest BCUT2D eigenvalue weighted by Gasteiger charge is 2.04. The van der Waals surface area contributed by atoms with Crippen LogP contribution < -0.4 is 4.90 Å². The van der Waals surface area contributed by atoms with Gasteiger partial charge in [-0.05, 0) is 88.2 Å². The Morgan fingerprint density at radius 3 is 2.57 bits per heavy atom. The van der Waals surface area contributed by atoms with Gasteiger partial charge >= 0.3 is 0 Å². The number of aryl methyl sites for hydroxylation is 1. The fourth-order valence-electron chi connectivity index (χ4n) is 2.87. The van der Waals surface area contributed by atoms with Crippen molar-refractivity contribution in [3.63, 3.8) is 0 Å². The van der Waals surface area contributed by atoms with Crippen molar-refractivity contribution < 1.29 is 4.39 Å². The lowest BCUT2D eigenvalue weighted by molar-refractivity contribution is 0.627. The molecule has 3 heteroatoms. The molecule has 0 fully saturated rings. The third-order valence-corrected chi connectivity index (χ3v) is 4.81. The van der Waals surface area contributed by atoms with Crippen LogP contribution in [0.3, 0.4) is 0 Å². The van der Waals surface area contributed by atoms with E-state index in [9.17, 15) is 4.39 Å². The van der Waals surface area contributed by atoms with E-state index in [4.69, 9.17) is 0 Å². The number of halogens is 2. The van der Waals surface area contributed by atoms with Crippen molar-refractivity contribution >= 4 is 39.1 Å². The van der Waals surface area contributed by atoms with Crippen molar-refractivity contribution in [2.45, 2.75) is 12.8 Å². The fraction of sp³-hybridized carbons (Fsp3) is 0.200. The van der Waals surface area contributed by atoms with Gasteiger partial charge in [0.25, 0.3) is 0 Å². The summed E-state index contributed by atoms with van der Waals surface area (Å²) < 4.78 is 14.2. The number of hydrogen-bond acceptors (Lipinski definition) is 1. The lowest BCUT2D eigenvalue weighted by atomic mass is 10.0. The Hall–Kier alpha value is -1.62. The van der Waals surface area contributed by atoms with Gasteiger partial charge in [-0.15, -0.1) is 0 Å². The first-order valence-corrected chi connectivity index (χ1v) is 8.85. The Balaban J connectivity index is 1.65. The van der Waals surface area contributed by atoms with E-state index in [0.29, 0.717) is 0 Å². The molecule has 0 aliphatic heterocycles. The monoisotopic (exact) mass is 419 g/mol. The largest absolute Gasteiger partial charge is 0.375 e. The van der Waals surface area contributed by atoms with E-state index in [0.717, 1.165) is 25.1 Å². The van der Waals surface area contributed by atoms with E-state index in [1.807, 2.05) is 12.1 Å². The number of nitrogens with zero attached hydrogens (tertiary/aromatic N) is 1. The fourth-order valence-corrected chi connectivity index (χ4v) is 3.39. The number of hydrogen-bond donors (Lipinski definition) is 0. The normalized spacial score (nSPS) is 10.9. The second-order valence-corrected chi connectivity index (χ2v) is 7.03. The van der Waals surface area contributed by atoms with Gasteiger partial charge in [0.1, 0.15) is 5.82 Å². The topological polar surface area (TPSA) is 3.24 Å². The SMILES string of the molecule is CN(CCCc1cccc2cc(I)ccc12)c1ccc(F)cc1. The zero-order valence-corrected chi connectivity index (χ0v) is 15.3. The van der Waals surface area contributed by atoms with Crippen molar-refractivity contribution in [2.75, 3.05) is 18.5 Å². The van der Waals surface area contributed by atoms with E-state index in [-0.39, 0.29) is 5.82 Å². The molecule has 0 saturated carbocycles. The van der Waals surface area contributed by atoms with Crippen LogP contribution in [-0.2, 0) is 6.42 Å². The molecule has 0 unspecified atom stereocenters. The van der Waals surface area contributed by atoms with Crippen LogP contribution >= 0.6 is 22.6 Å². The lowest BCUT2D eigenvalue weighted by Gasteiger charge is -2.19. The molecule has 3 rings (SSSR count). The molecule has 3 aromatic rings. The van der Waals surface area contributed by atoms with Gasteiger partial charge < -0.3 is 4.90 Å². The smallest absolute Gasteiger partial charge is 0.123 e. The lowest BCUT2D eigenvalue weighted by Crippen LogP contribution is -2.18. The van der Waals surface area contributed by atoms with Crippen LogP contribution in [0.15, 0.2) is 60.7 Å². The molecule has 0 saturated heterocycles. The van der Waals surface area contributed by atoms with E-state index in [1.54, 1.807) is 0 Å². The van der Waals surface area contributed by atoms with Crippen molar-refractivity contribution in [3.05, 3.63) is 75.6 Å². The minimum Gasteiger partial charge on any atom is -0.375 e. The number of rotatable bonds is 5. The Bertz CT molecular complexity index is 798. The molecule has 0 N–H and O–H groups in total. The predicted octanol–water partition coefficient (Wildman–Crippen LogP) is 5.65. The van der Waals surface area contributed by atoms with Crippen LogP contribution in [0.1, 0.15) is 12.0 Å². The maximum absolute atomic E-state index is 13.0. The van der Waals surface area contributed by atoms with Crippen molar-refractivity contribution in [1.29, 1.82) is 0 Å². The summed E-state index contributed by atoms with van der Waals surface area (Å²) in [5.41, 5.74) is 2.45. The first kappa shape index (κ1) is 16.2. The molecule has 1 nitrogen and oxygen atoms in total. The third-order valence-electron chi connectivity index (χ3n) is 4.14. The van der Waals surface area contributed by atoms with E-state index < -0.39 is 0 Å². The molecule has 0 heterocycles. The maximum atomic E-state index is 13.0. The first-order chi connectivity index (χ1) is 11.1. The summed E-state index contributed by atoms with van der Waals surface area (Å²) in [6.07, 6.45) is 2.11.